The maximum absolute atomic E-state index is 6.63. The topological polar surface area (TPSA) is 18.5 Å². The molecule has 7 unspecified atom stereocenters. The van der Waals surface area contributed by atoms with Gasteiger partial charge in [-0.15, -0.1) is 0 Å². The van der Waals surface area contributed by atoms with Crippen molar-refractivity contribution in [1.82, 2.24) is 0 Å². The van der Waals surface area contributed by atoms with Crippen LogP contribution >= 0.6 is 0 Å². The van der Waals surface area contributed by atoms with Gasteiger partial charge >= 0.3 is 0 Å². The summed E-state index contributed by atoms with van der Waals surface area (Å²) in [5, 5.41) is 0.481. The zero-order chi connectivity index (χ0) is 26.1. The van der Waals surface area contributed by atoms with Crippen LogP contribution in [0, 0.1) is 34.5 Å². The molecule has 4 rings (SSSR count). The van der Waals surface area contributed by atoms with Crippen molar-refractivity contribution < 1.29 is 9.47 Å². The third-order valence-electron chi connectivity index (χ3n) is 11.9. The minimum atomic E-state index is 0.339. The van der Waals surface area contributed by atoms with E-state index < -0.39 is 0 Å². The molecule has 2 nitrogen and oxygen atoms in total. The number of ether oxygens (including phenoxy) is 2. The fourth-order valence-electron chi connectivity index (χ4n) is 9.89. The van der Waals surface area contributed by atoms with Gasteiger partial charge in [-0.05, 0) is 104 Å². The Bertz CT molecular complexity index is 830. The molecule has 0 aromatic carbocycles. The first kappa shape index (κ1) is 28.3. The van der Waals surface area contributed by atoms with Crippen LogP contribution in [-0.2, 0) is 9.47 Å². The number of unbranched alkanes of at least 4 members (excludes halogenated alkanes) is 1. The van der Waals surface area contributed by atoms with Gasteiger partial charge in [-0.3, -0.25) is 0 Å². The Morgan fingerprint density at radius 3 is 2.56 bits per heavy atom. The second kappa shape index (κ2) is 11.2. The lowest BCUT2D eigenvalue weighted by Crippen LogP contribution is -2.54. The molecule has 204 valence electrons. The maximum atomic E-state index is 6.63. The van der Waals surface area contributed by atoms with Crippen molar-refractivity contribution in [3.63, 3.8) is 0 Å². The van der Waals surface area contributed by atoms with Crippen molar-refractivity contribution in [2.75, 3.05) is 13.7 Å². The van der Waals surface area contributed by atoms with Crippen LogP contribution in [0.5, 0.6) is 0 Å². The molecule has 0 N–H and O–H groups in total. The lowest BCUT2D eigenvalue weighted by molar-refractivity contribution is -0.0438. The van der Waals surface area contributed by atoms with Crippen molar-refractivity contribution in [3.8, 4) is 0 Å². The van der Waals surface area contributed by atoms with E-state index in [1.807, 2.05) is 0 Å². The van der Waals surface area contributed by atoms with Crippen LogP contribution in [0.3, 0.4) is 0 Å². The molecule has 0 radical (unpaired) electrons. The van der Waals surface area contributed by atoms with Gasteiger partial charge in [0.05, 0.1) is 12.4 Å². The molecule has 0 aromatic heterocycles. The van der Waals surface area contributed by atoms with Crippen molar-refractivity contribution in [2.45, 2.75) is 136 Å². The first-order chi connectivity index (χ1) is 17.1. The quantitative estimate of drug-likeness (QED) is 0.130. The summed E-state index contributed by atoms with van der Waals surface area (Å²) in [7, 11) is 4.50. The van der Waals surface area contributed by atoms with Gasteiger partial charge in [0.25, 0.3) is 0 Å². The van der Waals surface area contributed by atoms with Crippen LogP contribution in [0.15, 0.2) is 23.0 Å². The molecule has 0 bridgehead atoms. The molecule has 4 aliphatic carbocycles. The predicted octanol–water partition coefficient (Wildman–Crippen LogP) is 8.67. The van der Waals surface area contributed by atoms with Crippen LogP contribution in [0.2, 0.25) is 5.31 Å². The lowest BCUT2D eigenvalue weighted by Gasteiger charge is -2.63. The smallest absolute Gasteiger partial charge is 0.110 e. The summed E-state index contributed by atoms with van der Waals surface area (Å²) in [5.41, 5.74) is 3.93. The molecule has 0 spiro atoms. The lowest BCUT2D eigenvalue weighted by atomic mass is 9.35. The Hall–Kier alpha value is -0.695. The summed E-state index contributed by atoms with van der Waals surface area (Å²) >= 11 is 0. The first-order valence-electron chi connectivity index (χ1n) is 15.6. The highest BCUT2D eigenvalue weighted by atomic mass is 16.5. The van der Waals surface area contributed by atoms with E-state index in [1.54, 1.807) is 12.7 Å². The van der Waals surface area contributed by atoms with Gasteiger partial charge in [0.15, 0.2) is 0 Å². The molecule has 3 fully saturated rings. The number of hydrogen-bond acceptors (Lipinski definition) is 2. The van der Waals surface area contributed by atoms with Crippen molar-refractivity contribution in [2.24, 2.45) is 34.5 Å². The van der Waals surface area contributed by atoms with Crippen molar-refractivity contribution in [3.05, 3.63) is 23.0 Å². The van der Waals surface area contributed by atoms with E-state index in [1.165, 1.54) is 76.2 Å². The Morgan fingerprint density at radius 2 is 1.86 bits per heavy atom. The number of hydrogen-bond donors (Lipinski definition) is 0. The van der Waals surface area contributed by atoms with Gasteiger partial charge in [-0.1, -0.05) is 65.5 Å². The standard InChI is InChI=1S/C33H57BO2/c1-8-28(24(4)22-35-7)36-27-16-18-32(6)26(21-27)15-20-33(34)29-14-13-25(12-10-9-11-23(2)3)31(29,5)19-17-30(32)33/h15,23,25,27,29-30H,8-14,16-22,34H2,1-7H3/b28-24+. The fraction of sp³-hybridized carbons (Fsp3) is 0.879. The van der Waals surface area contributed by atoms with Crippen LogP contribution in [0.25, 0.3) is 0 Å². The number of fused-ring (bicyclic) bond motifs is 5. The van der Waals surface area contributed by atoms with E-state index in [2.05, 4.69) is 55.5 Å². The zero-order valence-electron chi connectivity index (χ0n) is 25.2. The molecular weight excluding hydrogens is 439 g/mol. The Labute approximate surface area is 224 Å². The zero-order valence-corrected chi connectivity index (χ0v) is 25.2. The largest absolute Gasteiger partial charge is 0.494 e. The fourth-order valence-corrected chi connectivity index (χ4v) is 9.89. The number of rotatable bonds is 10. The van der Waals surface area contributed by atoms with E-state index in [0.717, 1.165) is 42.3 Å². The molecule has 4 aliphatic rings. The summed E-state index contributed by atoms with van der Waals surface area (Å²) in [5.74, 6) is 4.73. The molecule has 3 heteroatoms. The second-order valence-electron chi connectivity index (χ2n) is 14.4. The molecule has 0 saturated heterocycles. The Morgan fingerprint density at radius 1 is 1.08 bits per heavy atom. The second-order valence-corrected chi connectivity index (χ2v) is 14.4. The van der Waals surface area contributed by atoms with E-state index >= 15 is 0 Å². The summed E-state index contributed by atoms with van der Waals surface area (Å²) in [6.07, 6.45) is 20.6. The molecule has 3 saturated carbocycles. The van der Waals surface area contributed by atoms with Gasteiger partial charge < -0.3 is 9.47 Å². The van der Waals surface area contributed by atoms with E-state index in [9.17, 15) is 0 Å². The molecule has 0 aliphatic heterocycles. The molecule has 0 amide bonds. The molecule has 0 heterocycles. The van der Waals surface area contributed by atoms with Gasteiger partial charge in [0.2, 0.25) is 0 Å². The number of allylic oxidation sites excluding steroid dienone is 2. The molecule has 36 heavy (non-hydrogen) atoms. The predicted molar refractivity (Wildman–Crippen MR) is 156 cm³/mol. The molecule has 0 aromatic rings. The van der Waals surface area contributed by atoms with Gasteiger partial charge in [-0.2, -0.15) is 0 Å². The average molecular weight is 497 g/mol. The Kier molecular flexibility index (Phi) is 8.80. The third-order valence-corrected chi connectivity index (χ3v) is 11.9. The summed E-state index contributed by atoms with van der Waals surface area (Å²) in [4.78, 5) is 0. The highest BCUT2D eigenvalue weighted by molar-refractivity contribution is 6.16. The van der Waals surface area contributed by atoms with Crippen molar-refractivity contribution in [1.29, 1.82) is 0 Å². The van der Waals surface area contributed by atoms with Crippen LogP contribution in [0.4, 0.5) is 0 Å². The SMILES string of the molecule is BC12CC=C3CC(O/C(CC)=C(\C)COC)CCC3(C)C1CCC1(C)C(CCCCC(C)C)CCC21. The van der Waals surface area contributed by atoms with E-state index in [0.29, 0.717) is 28.9 Å². The minimum absolute atomic E-state index is 0.339. The van der Waals surface area contributed by atoms with Crippen LogP contribution < -0.4 is 0 Å². The number of methoxy groups -OCH3 is 1. The highest BCUT2D eigenvalue weighted by Gasteiger charge is 2.63. The monoisotopic (exact) mass is 496 g/mol. The Balaban J connectivity index is 1.47. The average Bonchev–Trinajstić information content (AvgIpc) is 3.17. The van der Waals surface area contributed by atoms with Gasteiger partial charge in [0.1, 0.15) is 14.0 Å². The summed E-state index contributed by atoms with van der Waals surface area (Å²) in [6, 6.07) is 0. The normalized spacial score (nSPS) is 40.7. The van der Waals surface area contributed by atoms with Crippen LogP contribution in [-0.4, -0.2) is 27.7 Å². The minimum Gasteiger partial charge on any atom is -0.494 e. The molecular formula is C33H57BO2. The molecule has 7 atom stereocenters. The summed E-state index contributed by atoms with van der Waals surface area (Å²) < 4.78 is 12.0. The van der Waals surface area contributed by atoms with Crippen molar-refractivity contribution >= 4 is 7.85 Å². The first-order valence-corrected chi connectivity index (χ1v) is 15.6. The van der Waals surface area contributed by atoms with E-state index in [4.69, 9.17) is 9.47 Å². The highest BCUT2D eigenvalue weighted by Crippen LogP contribution is 2.73. The van der Waals surface area contributed by atoms with Crippen LogP contribution in [0.1, 0.15) is 125 Å². The maximum Gasteiger partial charge on any atom is 0.110 e. The van der Waals surface area contributed by atoms with E-state index in [-0.39, 0.29) is 0 Å². The van der Waals surface area contributed by atoms with Gasteiger partial charge in [-0.25, -0.2) is 0 Å². The summed E-state index contributed by atoms with van der Waals surface area (Å²) in [6.45, 7) is 15.2. The third kappa shape index (κ3) is 5.13. The van der Waals surface area contributed by atoms with Gasteiger partial charge in [0, 0.05) is 20.0 Å².